The molecule has 19 heavy (non-hydrogen) atoms. The molecule has 0 heterocycles. The maximum absolute atomic E-state index is 13.2. The summed E-state index contributed by atoms with van der Waals surface area (Å²) in [5.41, 5.74) is 8.60. The first-order valence-electron chi connectivity index (χ1n) is 5.93. The van der Waals surface area contributed by atoms with Crippen LogP contribution in [0.2, 0.25) is 5.02 Å². The third-order valence-corrected chi connectivity index (χ3v) is 3.30. The van der Waals surface area contributed by atoms with Gasteiger partial charge in [-0.15, -0.1) is 0 Å². The van der Waals surface area contributed by atoms with Crippen LogP contribution in [0.3, 0.4) is 0 Å². The lowest BCUT2D eigenvalue weighted by molar-refractivity contribution is 0.505. The number of halogens is 3. The zero-order valence-electron chi connectivity index (χ0n) is 10.5. The van der Waals surface area contributed by atoms with Gasteiger partial charge in [0.2, 0.25) is 0 Å². The largest absolute Gasteiger partial charge is 0.324 e. The van der Waals surface area contributed by atoms with Gasteiger partial charge in [0.15, 0.2) is 11.6 Å². The van der Waals surface area contributed by atoms with Crippen molar-refractivity contribution in [3.63, 3.8) is 0 Å². The van der Waals surface area contributed by atoms with Crippen LogP contribution in [-0.4, -0.2) is 0 Å². The number of rotatable bonds is 3. The molecule has 0 radical (unpaired) electrons. The molecule has 0 aliphatic carbocycles. The van der Waals surface area contributed by atoms with E-state index in [2.05, 4.69) is 0 Å². The number of nitrogens with two attached hydrogens (primary N) is 1. The Balaban J connectivity index is 2.25. The summed E-state index contributed by atoms with van der Waals surface area (Å²) in [6, 6.07) is 9.43. The second-order valence-electron chi connectivity index (χ2n) is 4.59. The Hall–Kier alpha value is -1.45. The Morgan fingerprint density at radius 1 is 1.16 bits per heavy atom. The topological polar surface area (TPSA) is 26.0 Å². The quantitative estimate of drug-likeness (QED) is 0.840. The molecule has 2 aromatic rings. The molecule has 2 rings (SSSR count). The average Bonchev–Trinajstić information content (AvgIpc) is 2.33. The van der Waals surface area contributed by atoms with Crippen molar-refractivity contribution < 1.29 is 8.78 Å². The van der Waals surface area contributed by atoms with Crippen LogP contribution in [0, 0.1) is 18.6 Å². The Morgan fingerprint density at radius 3 is 2.53 bits per heavy atom. The van der Waals surface area contributed by atoms with Gasteiger partial charge >= 0.3 is 0 Å². The van der Waals surface area contributed by atoms with Crippen LogP contribution in [-0.2, 0) is 6.42 Å². The Bertz CT molecular complexity index is 599. The first-order valence-corrected chi connectivity index (χ1v) is 6.30. The highest BCUT2D eigenvalue weighted by Crippen LogP contribution is 2.26. The molecule has 0 saturated carbocycles. The second kappa shape index (κ2) is 5.68. The maximum Gasteiger partial charge on any atom is 0.160 e. The molecular weight excluding hydrogens is 268 g/mol. The predicted octanol–water partition coefficient (Wildman–Crippen LogP) is 4.17. The van der Waals surface area contributed by atoms with E-state index in [0.717, 1.165) is 23.3 Å². The highest BCUT2D eigenvalue weighted by molar-refractivity contribution is 6.31. The van der Waals surface area contributed by atoms with Gasteiger partial charge < -0.3 is 5.73 Å². The molecular formula is C15H14ClF2N. The fourth-order valence-corrected chi connectivity index (χ4v) is 2.32. The average molecular weight is 282 g/mol. The molecule has 0 aliphatic rings. The molecule has 1 nitrogen and oxygen atoms in total. The lowest BCUT2D eigenvalue weighted by Gasteiger charge is -2.14. The van der Waals surface area contributed by atoms with Crippen molar-refractivity contribution in [1.82, 2.24) is 0 Å². The van der Waals surface area contributed by atoms with E-state index in [9.17, 15) is 8.78 Å². The molecule has 1 atom stereocenters. The molecule has 100 valence electrons. The first kappa shape index (κ1) is 14.0. The van der Waals surface area contributed by atoms with Crippen LogP contribution < -0.4 is 5.73 Å². The number of hydrogen-bond acceptors (Lipinski definition) is 1. The highest BCUT2D eigenvalue weighted by Gasteiger charge is 2.15. The van der Waals surface area contributed by atoms with Crippen molar-refractivity contribution in [3.8, 4) is 0 Å². The minimum atomic E-state index is -0.962. The van der Waals surface area contributed by atoms with E-state index in [-0.39, 0.29) is 5.02 Å². The normalized spacial score (nSPS) is 12.5. The number of benzene rings is 2. The summed E-state index contributed by atoms with van der Waals surface area (Å²) in [5, 5.41) is 0.152. The Labute approximate surface area is 116 Å². The summed E-state index contributed by atoms with van der Waals surface area (Å²) < 4.78 is 26.2. The van der Waals surface area contributed by atoms with Crippen molar-refractivity contribution in [1.29, 1.82) is 0 Å². The maximum atomic E-state index is 13.2. The fraction of sp³-hybridized carbons (Fsp3) is 0.200. The zero-order valence-corrected chi connectivity index (χ0v) is 11.2. The molecule has 0 aromatic heterocycles. The Kier molecular flexibility index (Phi) is 4.17. The smallest absolute Gasteiger partial charge is 0.160 e. The summed E-state index contributed by atoms with van der Waals surface area (Å²) in [5.74, 6) is -1.89. The predicted molar refractivity (Wildman–Crippen MR) is 73.2 cm³/mol. The van der Waals surface area contributed by atoms with Crippen LogP contribution in [0.25, 0.3) is 0 Å². The molecule has 0 aliphatic heterocycles. The van der Waals surface area contributed by atoms with Gasteiger partial charge in [0.05, 0.1) is 0 Å². The van der Waals surface area contributed by atoms with Gasteiger partial charge in [-0.05, 0) is 36.6 Å². The van der Waals surface area contributed by atoms with Crippen molar-refractivity contribution in [3.05, 3.63) is 69.7 Å². The molecule has 0 bridgehead atoms. The monoisotopic (exact) mass is 281 g/mol. The zero-order chi connectivity index (χ0) is 14.0. The van der Waals surface area contributed by atoms with E-state index in [1.165, 1.54) is 0 Å². The van der Waals surface area contributed by atoms with Gasteiger partial charge in [0.25, 0.3) is 0 Å². The van der Waals surface area contributed by atoms with Crippen molar-refractivity contribution in [2.75, 3.05) is 0 Å². The highest BCUT2D eigenvalue weighted by atomic mass is 35.5. The molecule has 0 amide bonds. The SMILES string of the molecule is Cc1cccc(CC(N)c2cc(F)c(F)cc2Cl)c1. The third-order valence-electron chi connectivity index (χ3n) is 2.98. The van der Waals surface area contributed by atoms with E-state index in [4.69, 9.17) is 17.3 Å². The van der Waals surface area contributed by atoms with E-state index in [0.29, 0.717) is 12.0 Å². The number of aryl methyl sites for hydroxylation is 1. The van der Waals surface area contributed by atoms with Gasteiger partial charge in [-0.1, -0.05) is 41.4 Å². The molecule has 4 heteroatoms. The molecule has 0 spiro atoms. The standard InChI is InChI=1S/C15H14ClF2N/c1-9-3-2-4-10(5-9)6-15(19)11-7-13(17)14(18)8-12(11)16/h2-5,7-8,15H,6,19H2,1H3. The van der Waals surface area contributed by atoms with E-state index >= 15 is 0 Å². The summed E-state index contributed by atoms with van der Waals surface area (Å²) in [4.78, 5) is 0. The van der Waals surface area contributed by atoms with Gasteiger partial charge in [0, 0.05) is 11.1 Å². The molecule has 0 saturated heterocycles. The van der Waals surface area contributed by atoms with Crippen molar-refractivity contribution in [2.24, 2.45) is 5.73 Å². The summed E-state index contributed by atoms with van der Waals surface area (Å²) in [6.07, 6.45) is 0.520. The van der Waals surface area contributed by atoms with Crippen LogP contribution in [0.1, 0.15) is 22.7 Å². The summed E-state index contributed by atoms with van der Waals surface area (Å²) in [7, 11) is 0. The molecule has 2 aromatic carbocycles. The van der Waals surface area contributed by atoms with Crippen LogP contribution in [0.5, 0.6) is 0 Å². The molecule has 0 fully saturated rings. The second-order valence-corrected chi connectivity index (χ2v) is 4.99. The summed E-state index contributed by atoms with van der Waals surface area (Å²) >= 11 is 5.91. The molecule has 1 unspecified atom stereocenters. The van der Waals surface area contributed by atoms with Gasteiger partial charge in [-0.3, -0.25) is 0 Å². The minimum absolute atomic E-state index is 0.152. The van der Waals surface area contributed by atoms with Crippen LogP contribution in [0.15, 0.2) is 36.4 Å². The van der Waals surface area contributed by atoms with Gasteiger partial charge in [-0.2, -0.15) is 0 Å². The van der Waals surface area contributed by atoms with Crippen molar-refractivity contribution in [2.45, 2.75) is 19.4 Å². The lowest BCUT2D eigenvalue weighted by atomic mass is 9.98. The lowest BCUT2D eigenvalue weighted by Crippen LogP contribution is -2.14. The minimum Gasteiger partial charge on any atom is -0.324 e. The number of hydrogen-bond donors (Lipinski definition) is 1. The fourth-order valence-electron chi connectivity index (χ4n) is 2.03. The first-order chi connectivity index (χ1) is 8.97. The summed E-state index contributed by atoms with van der Waals surface area (Å²) in [6.45, 7) is 1.99. The van der Waals surface area contributed by atoms with Gasteiger partial charge in [0.1, 0.15) is 0 Å². The van der Waals surface area contributed by atoms with Crippen molar-refractivity contribution >= 4 is 11.6 Å². The van der Waals surface area contributed by atoms with Crippen LogP contribution >= 0.6 is 11.6 Å². The van der Waals surface area contributed by atoms with E-state index in [1.807, 2.05) is 31.2 Å². The van der Waals surface area contributed by atoms with Crippen LogP contribution in [0.4, 0.5) is 8.78 Å². The molecule has 2 N–H and O–H groups in total. The van der Waals surface area contributed by atoms with E-state index in [1.54, 1.807) is 0 Å². The van der Waals surface area contributed by atoms with Gasteiger partial charge in [-0.25, -0.2) is 8.78 Å². The third kappa shape index (κ3) is 3.31. The Morgan fingerprint density at radius 2 is 1.84 bits per heavy atom. The van der Waals surface area contributed by atoms with E-state index < -0.39 is 17.7 Å².